The van der Waals surface area contributed by atoms with Crippen molar-refractivity contribution < 1.29 is 9.84 Å². The van der Waals surface area contributed by atoms with Crippen LogP contribution in [0, 0.1) is 0 Å². The summed E-state index contributed by atoms with van der Waals surface area (Å²) in [7, 11) is 0. The predicted molar refractivity (Wildman–Crippen MR) is 73.6 cm³/mol. The van der Waals surface area contributed by atoms with Gasteiger partial charge in [0.2, 0.25) is 0 Å². The maximum atomic E-state index is 10.4. The van der Waals surface area contributed by atoms with Crippen molar-refractivity contribution in [2.24, 2.45) is 0 Å². The van der Waals surface area contributed by atoms with E-state index < -0.39 is 5.60 Å². The number of hydrogen-bond donors (Lipinski definition) is 2. The summed E-state index contributed by atoms with van der Waals surface area (Å²) in [6, 6.07) is 4.36. The molecule has 1 fully saturated rings. The Balaban J connectivity index is 1.88. The van der Waals surface area contributed by atoms with E-state index in [0.29, 0.717) is 13.0 Å². The average molecular weight is 320 g/mol. The first-order valence-corrected chi connectivity index (χ1v) is 7.44. The van der Waals surface area contributed by atoms with E-state index in [1.165, 1.54) is 4.88 Å². The van der Waals surface area contributed by atoms with Crippen LogP contribution < -0.4 is 5.32 Å². The van der Waals surface area contributed by atoms with E-state index >= 15 is 0 Å². The van der Waals surface area contributed by atoms with Crippen molar-refractivity contribution >= 4 is 27.3 Å². The summed E-state index contributed by atoms with van der Waals surface area (Å²) in [6.07, 6.45) is 1.42. The minimum atomic E-state index is -0.678. The number of hydrogen-bond acceptors (Lipinski definition) is 4. The van der Waals surface area contributed by atoms with E-state index in [1.807, 2.05) is 13.0 Å². The van der Waals surface area contributed by atoms with Crippen LogP contribution in [0.15, 0.2) is 15.9 Å². The Morgan fingerprint density at radius 3 is 3.06 bits per heavy atom. The maximum Gasteiger partial charge on any atom is 0.0701 e. The molecule has 1 aliphatic rings. The third-order valence-electron chi connectivity index (χ3n) is 2.87. The molecule has 2 atom stereocenters. The van der Waals surface area contributed by atoms with Gasteiger partial charge in [-0.2, -0.15) is 0 Å². The summed E-state index contributed by atoms with van der Waals surface area (Å²) in [5, 5.41) is 13.8. The second kappa shape index (κ2) is 5.80. The molecule has 1 aliphatic heterocycles. The summed E-state index contributed by atoms with van der Waals surface area (Å²) in [5.41, 5.74) is -0.678. The van der Waals surface area contributed by atoms with Gasteiger partial charge in [0.25, 0.3) is 0 Å². The number of aliphatic hydroxyl groups is 1. The maximum absolute atomic E-state index is 10.4. The van der Waals surface area contributed by atoms with Gasteiger partial charge >= 0.3 is 0 Å². The molecule has 0 aliphatic carbocycles. The second-order valence-electron chi connectivity index (χ2n) is 4.81. The molecule has 0 amide bonds. The van der Waals surface area contributed by atoms with Crippen LogP contribution in [-0.2, 0) is 11.2 Å². The van der Waals surface area contributed by atoms with Crippen LogP contribution in [0.1, 0.15) is 18.2 Å². The van der Waals surface area contributed by atoms with E-state index in [0.717, 1.165) is 23.4 Å². The van der Waals surface area contributed by atoms with Gasteiger partial charge < -0.3 is 15.2 Å². The number of morpholine rings is 1. The number of thiophene rings is 1. The molecule has 2 unspecified atom stereocenters. The molecule has 17 heavy (non-hydrogen) atoms. The molecule has 2 N–H and O–H groups in total. The van der Waals surface area contributed by atoms with E-state index in [-0.39, 0.29) is 6.04 Å². The van der Waals surface area contributed by atoms with E-state index in [4.69, 9.17) is 4.74 Å². The number of nitrogens with one attached hydrogen (secondary N) is 1. The molecule has 1 aromatic heterocycles. The average Bonchev–Trinajstić information content (AvgIpc) is 2.63. The molecule has 2 heterocycles. The second-order valence-corrected chi connectivity index (χ2v) is 7.36. The molecule has 2 rings (SSSR count). The van der Waals surface area contributed by atoms with Crippen molar-refractivity contribution in [2.45, 2.75) is 31.4 Å². The van der Waals surface area contributed by atoms with Gasteiger partial charge in [-0.1, -0.05) is 0 Å². The highest BCUT2D eigenvalue weighted by Gasteiger charge is 2.27. The van der Waals surface area contributed by atoms with Crippen molar-refractivity contribution in [1.82, 2.24) is 5.32 Å². The minimum absolute atomic E-state index is 0.266. The summed E-state index contributed by atoms with van der Waals surface area (Å²) < 4.78 is 6.52. The van der Waals surface area contributed by atoms with Gasteiger partial charge in [0, 0.05) is 23.9 Å². The van der Waals surface area contributed by atoms with E-state index in [2.05, 4.69) is 27.3 Å². The van der Waals surface area contributed by atoms with Gasteiger partial charge in [-0.3, -0.25) is 0 Å². The Morgan fingerprint density at radius 2 is 2.47 bits per heavy atom. The van der Waals surface area contributed by atoms with Crippen LogP contribution in [0.25, 0.3) is 0 Å². The van der Waals surface area contributed by atoms with Crippen LogP contribution in [0.3, 0.4) is 0 Å². The Morgan fingerprint density at radius 1 is 1.65 bits per heavy atom. The van der Waals surface area contributed by atoms with Crippen molar-refractivity contribution in [3.63, 3.8) is 0 Å². The molecule has 0 aromatic carbocycles. The van der Waals surface area contributed by atoms with E-state index in [9.17, 15) is 5.11 Å². The summed E-state index contributed by atoms with van der Waals surface area (Å²) in [6.45, 7) is 4.25. The SMILES string of the molecule is CC(O)(Cc1ccc(Br)s1)CC1COCCN1. The van der Waals surface area contributed by atoms with Gasteiger partial charge in [-0.25, -0.2) is 0 Å². The minimum Gasteiger partial charge on any atom is -0.390 e. The quantitative estimate of drug-likeness (QED) is 0.893. The highest BCUT2D eigenvalue weighted by atomic mass is 79.9. The predicted octanol–water partition coefficient (Wildman–Crippen LogP) is 2.18. The molecule has 1 aromatic rings. The molecular formula is C12H18BrNO2S. The Labute approximate surface area is 114 Å². The molecule has 96 valence electrons. The van der Waals surface area contributed by atoms with Gasteiger partial charge in [0.1, 0.15) is 0 Å². The first-order valence-electron chi connectivity index (χ1n) is 5.83. The first kappa shape index (κ1) is 13.5. The smallest absolute Gasteiger partial charge is 0.0701 e. The fourth-order valence-corrected chi connectivity index (χ4v) is 3.84. The zero-order valence-corrected chi connectivity index (χ0v) is 12.3. The van der Waals surface area contributed by atoms with Gasteiger partial charge in [0.05, 0.1) is 22.6 Å². The fraction of sp³-hybridized carbons (Fsp3) is 0.667. The van der Waals surface area contributed by atoms with Gasteiger partial charge in [-0.15, -0.1) is 11.3 Å². The number of ether oxygens (including phenoxy) is 1. The molecule has 3 nitrogen and oxygen atoms in total. The van der Waals surface area contributed by atoms with Gasteiger partial charge in [-0.05, 0) is 41.4 Å². The summed E-state index contributed by atoms with van der Waals surface area (Å²) in [4.78, 5) is 1.21. The van der Waals surface area contributed by atoms with Crippen LogP contribution >= 0.6 is 27.3 Å². The highest BCUT2D eigenvalue weighted by Crippen LogP contribution is 2.27. The fourth-order valence-electron chi connectivity index (χ4n) is 2.18. The van der Waals surface area contributed by atoms with Crippen LogP contribution in [0.4, 0.5) is 0 Å². The van der Waals surface area contributed by atoms with E-state index in [1.54, 1.807) is 11.3 Å². The van der Waals surface area contributed by atoms with Crippen molar-refractivity contribution in [3.05, 3.63) is 20.8 Å². The lowest BCUT2D eigenvalue weighted by Gasteiger charge is -2.31. The molecule has 0 radical (unpaired) electrons. The number of rotatable bonds is 4. The molecular weight excluding hydrogens is 302 g/mol. The van der Waals surface area contributed by atoms with Crippen LogP contribution in [0.5, 0.6) is 0 Å². The third-order valence-corrected chi connectivity index (χ3v) is 4.49. The molecule has 5 heteroatoms. The topological polar surface area (TPSA) is 41.5 Å². The zero-order chi connectivity index (χ0) is 12.3. The van der Waals surface area contributed by atoms with Crippen molar-refractivity contribution in [1.29, 1.82) is 0 Å². The monoisotopic (exact) mass is 319 g/mol. The standard InChI is InChI=1S/C12H18BrNO2S/c1-12(15,6-9-8-16-5-4-14-9)7-10-2-3-11(13)17-10/h2-3,9,14-15H,4-8H2,1H3. The first-order chi connectivity index (χ1) is 8.05. The van der Waals surface area contributed by atoms with Crippen molar-refractivity contribution in [3.8, 4) is 0 Å². The lowest BCUT2D eigenvalue weighted by molar-refractivity contribution is 0.00696. The summed E-state index contributed by atoms with van der Waals surface area (Å²) >= 11 is 5.12. The van der Waals surface area contributed by atoms with Crippen LogP contribution in [0.2, 0.25) is 0 Å². The Kier molecular flexibility index (Phi) is 4.60. The molecule has 0 saturated carbocycles. The molecule has 0 bridgehead atoms. The third kappa shape index (κ3) is 4.34. The van der Waals surface area contributed by atoms with Gasteiger partial charge in [0.15, 0.2) is 0 Å². The number of halogens is 1. The zero-order valence-electron chi connectivity index (χ0n) is 9.91. The molecule has 1 saturated heterocycles. The Hall–Kier alpha value is 0.0600. The largest absolute Gasteiger partial charge is 0.390 e. The lowest BCUT2D eigenvalue weighted by Crippen LogP contribution is -2.46. The highest BCUT2D eigenvalue weighted by molar-refractivity contribution is 9.11. The van der Waals surface area contributed by atoms with Crippen LogP contribution in [-0.4, -0.2) is 36.5 Å². The normalized spacial score (nSPS) is 24.5. The Bertz CT molecular complexity index is 361. The molecule has 0 spiro atoms. The van der Waals surface area contributed by atoms with Crippen molar-refractivity contribution in [2.75, 3.05) is 19.8 Å². The lowest BCUT2D eigenvalue weighted by atomic mass is 9.92. The summed E-state index contributed by atoms with van der Waals surface area (Å²) in [5.74, 6) is 0.